The first-order valence-electron chi connectivity index (χ1n) is 8.65. The molecule has 1 atom stereocenters. The molecule has 1 aromatic rings. The summed E-state index contributed by atoms with van der Waals surface area (Å²) in [6, 6.07) is 6.60. The molecule has 6 heteroatoms. The van der Waals surface area contributed by atoms with E-state index >= 15 is 0 Å². The smallest absolute Gasteiger partial charge is 0.338 e. The van der Waals surface area contributed by atoms with Crippen molar-refractivity contribution in [3.05, 3.63) is 41.1 Å². The molecule has 6 nitrogen and oxygen atoms in total. The molecule has 2 amide bonds. The van der Waals surface area contributed by atoms with Gasteiger partial charge in [0.05, 0.1) is 24.8 Å². The van der Waals surface area contributed by atoms with Gasteiger partial charge in [0.1, 0.15) is 5.75 Å². The van der Waals surface area contributed by atoms with Crippen LogP contribution in [0.2, 0.25) is 0 Å². The second kappa shape index (κ2) is 8.55. The van der Waals surface area contributed by atoms with E-state index in [1.807, 2.05) is 24.3 Å². The van der Waals surface area contributed by atoms with Crippen molar-refractivity contribution in [2.75, 3.05) is 20.3 Å². The fourth-order valence-electron chi connectivity index (χ4n) is 2.72. The molecular formula is C19H26N2O4. The third-order valence-electron chi connectivity index (χ3n) is 4.23. The SMILES string of the molecule is CCCCOc1ccccc1[C@H]1NC(=O)N(C)C(C)=C1C(=O)OCC. The van der Waals surface area contributed by atoms with Crippen molar-refractivity contribution >= 4 is 12.0 Å². The maximum atomic E-state index is 12.5. The predicted molar refractivity (Wildman–Crippen MR) is 95.2 cm³/mol. The number of esters is 1. The van der Waals surface area contributed by atoms with E-state index < -0.39 is 12.0 Å². The summed E-state index contributed by atoms with van der Waals surface area (Å²) in [7, 11) is 1.63. The first kappa shape index (κ1) is 18.8. The van der Waals surface area contributed by atoms with Gasteiger partial charge < -0.3 is 19.7 Å². The van der Waals surface area contributed by atoms with Gasteiger partial charge in [-0.1, -0.05) is 31.5 Å². The molecule has 2 rings (SSSR count). The summed E-state index contributed by atoms with van der Waals surface area (Å²) in [5, 5.41) is 2.88. The van der Waals surface area contributed by atoms with Gasteiger partial charge in [-0.25, -0.2) is 9.59 Å². The van der Waals surface area contributed by atoms with Crippen LogP contribution in [0.5, 0.6) is 5.75 Å². The Morgan fingerprint density at radius 1 is 1.28 bits per heavy atom. The van der Waals surface area contributed by atoms with E-state index in [4.69, 9.17) is 9.47 Å². The Morgan fingerprint density at radius 2 is 2.00 bits per heavy atom. The zero-order valence-corrected chi connectivity index (χ0v) is 15.3. The molecule has 0 saturated carbocycles. The summed E-state index contributed by atoms with van der Waals surface area (Å²) in [4.78, 5) is 26.2. The molecule has 0 unspecified atom stereocenters. The minimum absolute atomic E-state index is 0.265. The first-order valence-corrected chi connectivity index (χ1v) is 8.65. The molecule has 1 aliphatic rings. The van der Waals surface area contributed by atoms with Crippen molar-refractivity contribution in [2.45, 2.75) is 39.7 Å². The van der Waals surface area contributed by atoms with E-state index in [1.165, 1.54) is 4.90 Å². The number of allylic oxidation sites excluding steroid dienone is 1. The van der Waals surface area contributed by atoms with Crippen LogP contribution in [-0.4, -0.2) is 37.2 Å². The van der Waals surface area contributed by atoms with Gasteiger partial charge in [0.25, 0.3) is 0 Å². The van der Waals surface area contributed by atoms with Gasteiger partial charge in [-0.05, 0) is 26.3 Å². The average molecular weight is 346 g/mol. The fourth-order valence-corrected chi connectivity index (χ4v) is 2.72. The van der Waals surface area contributed by atoms with Gasteiger partial charge in [-0.3, -0.25) is 0 Å². The molecule has 0 radical (unpaired) electrons. The van der Waals surface area contributed by atoms with E-state index in [9.17, 15) is 9.59 Å². The number of carbonyl (C=O) groups is 2. The monoisotopic (exact) mass is 346 g/mol. The molecule has 25 heavy (non-hydrogen) atoms. The number of amides is 2. The Bertz CT molecular complexity index is 669. The lowest BCUT2D eigenvalue weighted by Gasteiger charge is -2.33. The van der Waals surface area contributed by atoms with Crippen molar-refractivity contribution in [2.24, 2.45) is 0 Å². The fraction of sp³-hybridized carbons (Fsp3) is 0.474. The minimum atomic E-state index is -0.597. The molecular weight excluding hydrogens is 320 g/mol. The highest BCUT2D eigenvalue weighted by atomic mass is 16.5. The number of nitrogens with zero attached hydrogens (tertiary/aromatic N) is 1. The van der Waals surface area contributed by atoms with Gasteiger partial charge >= 0.3 is 12.0 Å². The number of unbranched alkanes of at least 4 members (excludes halogenated alkanes) is 1. The molecule has 1 N–H and O–H groups in total. The summed E-state index contributed by atoms with van der Waals surface area (Å²) >= 11 is 0. The molecule has 0 aromatic heterocycles. The van der Waals surface area contributed by atoms with Crippen LogP contribution in [0.25, 0.3) is 0 Å². The van der Waals surface area contributed by atoms with Crippen LogP contribution in [-0.2, 0) is 9.53 Å². The molecule has 0 fully saturated rings. The number of benzene rings is 1. The number of hydrogen-bond acceptors (Lipinski definition) is 4. The van der Waals surface area contributed by atoms with E-state index in [0.717, 1.165) is 18.4 Å². The molecule has 0 bridgehead atoms. The van der Waals surface area contributed by atoms with Crippen LogP contribution < -0.4 is 10.1 Å². The van der Waals surface area contributed by atoms with Crippen LogP contribution in [0.3, 0.4) is 0 Å². The standard InChI is InChI=1S/C19H26N2O4/c1-5-7-12-25-15-11-9-8-10-14(15)17-16(18(22)24-6-2)13(3)21(4)19(23)20-17/h8-11,17H,5-7,12H2,1-4H3,(H,20,23)/t17-/m1/s1. The van der Waals surface area contributed by atoms with Gasteiger partial charge in [-0.2, -0.15) is 0 Å². The van der Waals surface area contributed by atoms with Crippen LogP contribution in [0.1, 0.15) is 45.2 Å². The molecule has 0 aliphatic carbocycles. The van der Waals surface area contributed by atoms with E-state index in [0.29, 0.717) is 23.6 Å². The minimum Gasteiger partial charge on any atom is -0.493 e. The summed E-state index contributed by atoms with van der Waals surface area (Å²) in [6.45, 7) is 6.46. The Balaban J connectivity index is 2.44. The molecule has 0 spiro atoms. The third kappa shape index (κ3) is 4.13. The summed E-state index contributed by atoms with van der Waals surface area (Å²) in [5.74, 6) is 0.237. The van der Waals surface area contributed by atoms with Gasteiger partial charge in [0, 0.05) is 18.3 Å². The van der Waals surface area contributed by atoms with Gasteiger partial charge in [-0.15, -0.1) is 0 Å². The first-order chi connectivity index (χ1) is 12.0. The lowest BCUT2D eigenvalue weighted by atomic mass is 9.94. The second-order valence-corrected chi connectivity index (χ2v) is 5.90. The Morgan fingerprint density at radius 3 is 2.68 bits per heavy atom. The van der Waals surface area contributed by atoms with Crippen molar-refractivity contribution < 1.29 is 19.1 Å². The lowest BCUT2D eigenvalue weighted by molar-refractivity contribution is -0.139. The number of carbonyl (C=O) groups excluding carboxylic acids is 2. The second-order valence-electron chi connectivity index (χ2n) is 5.90. The van der Waals surface area contributed by atoms with Crippen molar-refractivity contribution in [1.29, 1.82) is 0 Å². The lowest BCUT2D eigenvalue weighted by Crippen LogP contribution is -2.46. The predicted octanol–water partition coefficient (Wildman–Crippen LogP) is 3.40. The Hall–Kier alpha value is -2.50. The summed E-state index contributed by atoms with van der Waals surface area (Å²) in [5.41, 5.74) is 1.76. The number of urea groups is 1. The normalized spacial score (nSPS) is 17.4. The van der Waals surface area contributed by atoms with E-state index in [-0.39, 0.29) is 12.6 Å². The van der Waals surface area contributed by atoms with E-state index in [1.54, 1.807) is 20.9 Å². The van der Waals surface area contributed by atoms with E-state index in [2.05, 4.69) is 12.2 Å². The molecule has 1 aromatic carbocycles. The number of ether oxygens (including phenoxy) is 2. The third-order valence-corrected chi connectivity index (χ3v) is 4.23. The van der Waals surface area contributed by atoms with Gasteiger partial charge in [0.2, 0.25) is 0 Å². The highest BCUT2D eigenvalue weighted by Gasteiger charge is 2.36. The van der Waals surface area contributed by atoms with Crippen molar-refractivity contribution in [1.82, 2.24) is 10.2 Å². The number of hydrogen-bond donors (Lipinski definition) is 1. The molecule has 0 saturated heterocycles. The zero-order chi connectivity index (χ0) is 18.4. The van der Waals surface area contributed by atoms with Crippen LogP contribution >= 0.6 is 0 Å². The maximum absolute atomic E-state index is 12.5. The highest BCUT2D eigenvalue weighted by molar-refractivity contribution is 5.95. The molecule has 1 aliphatic heterocycles. The van der Waals surface area contributed by atoms with Crippen molar-refractivity contribution in [3.8, 4) is 5.75 Å². The summed E-state index contributed by atoms with van der Waals surface area (Å²) < 4.78 is 11.1. The van der Waals surface area contributed by atoms with Crippen molar-refractivity contribution in [3.63, 3.8) is 0 Å². The van der Waals surface area contributed by atoms with Crippen LogP contribution in [0.4, 0.5) is 4.79 Å². The van der Waals surface area contributed by atoms with Crippen LogP contribution in [0, 0.1) is 0 Å². The average Bonchev–Trinajstić information content (AvgIpc) is 2.60. The highest BCUT2D eigenvalue weighted by Crippen LogP contribution is 2.35. The summed E-state index contributed by atoms with van der Waals surface area (Å²) in [6.07, 6.45) is 1.97. The number of para-hydroxylation sites is 1. The molecule has 136 valence electrons. The Labute approximate surface area is 148 Å². The maximum Gasteiger partial charge on any atom is 0.338 e. The molecule has 1 heterocycles. The number of nitrogens with one attached hydrogen (secondary N) is 1. The van der Waals surface area contributed by atoms with Crippen LogP contribution in [0.15, 0.2) is 35.5 Å². The van der Waals surface area contributed by atoms with Gasteiger partial charge in [0.15, 0.2) is 0 Å². The zero-order valence-electron chi connectivity index (χ0n) is 15.3. The topological polar surface area (TPSA) is 67.9 Å². The number of rotatable bonds is 7. The quantitative estimate of drug-likeness (QED) is 0.607. The largest absolute Gasteiger partial charge is 0.493 e. The Kier molecular flexibility index (Phi) is 6.44.